The third kappa shape index (κ3) is 3.07. The fraction of sp³-hybridized carbons (Fsp3) is 0. The molecule has 0 aliphatic carbocycles. The van der Waals surface area contributed by atoms with E-state index in [2.05, 4.69) is 20.4 Å². The van der Waals surface area contributed by atoms with Gasteiger partial charge in [-0.05, 0) is 52.7 Å². The van der Waals surface area contributed by atoms with Gasteiger partial charge in [0.25, 0.3) is 0 Å². The quantitative estimate of drug-likeness (QED) is 0.623. The molecule has 0 aliphatic heterocycles. The van der Waals surface area contributed by atoms with Gasteiger partial charge in [0.05, 0.1) is 5.69 Å². The predicted octanol–water partition coefficient (Wildman–Crippen LogP) is 3.24. The van der Waals surface area contributed by atoms with E-state index >= 15 is 0 Å². The van der Waals surface area contributed by atoms with E-state index in [1.807, 2.05) is 6.07 Å². The molecule has 1 N–H and O–H groups in total. The molecule has 2 aromatic heterocycles. The standard InChI is InChI=1S/C18H12FN5O/c19-14-8-13(12-4-3-5-16(25)10-12)9-15(11-14)24-22-18(21-23-24)17-6-1-2-7-20-17/h1-11,25H. The van der Waals surface area contributed by atoms with Crippen molar-refractivity contribution in [2.75, 3.05) is 0 Å². The van der Waals surface area contributed by atoms with Crippen molar-refractivity contribution in [1.29, 1.82) is 0 Å². The lowest BCUT2D eigenvalue weighted by atomic mass is 10.0. The number of phenolic OH excluding ortho intramolecular Hbond substituents is 1. The van der Waals surface area contributed by atoms with Crippen LogP contribution in [0, 0.1) is 5.82 Å². The van der Waals surface area contributed by atoms with Crippen molar-refractivity contribution in [2.24, 2.45) is 0 Å². The van der Waals surface area contributed by atoms with Crippen LogP contribution in [0.5, 0.6) is 5.75 Å². The molecular weight excluding hydrogens is 321 g/mol. The van der Waals surface area contributed by atoms with E-state index in [0.29, 0.717) is 28.3 Å². The zero-order chi connectivity index (χ0) is 17.2. The summed E-state index contributed by atoms with van der Waals surface area (Å²) in [6, 6.07) is 16.4. The van der Waals surface area contributed by atoms with E-state index in [0.717, 1.165) is 0 Å². The molecule has 4 rings (SSSR count). The van der Waals surface area contributed by atoms with Gasteiger partial charge in [0.2, 0.25) is 5.82 Å². The number of aromatic hydroxyl groups is 1. The summed E-state index contributed by atoms with van der Waals surface area (Å²) in [5.41, 5.74) is 2.29. The summed E-state index contributed by atoms with van der Waals surface area (Å²) >= 11 is 0. The molecule has 25 heavy (non-hydrogen) atoms. The number of benzene rings is 2. The molecule has 0 fully saturated rings. The van der Waals surface area contributed by atoms with Gasteiger partial charge in [0.1, 0.15) is 17.3 Å². The van der Waals surface area contributed by atoms with Gasteiger partial charge in [-0.1, -0.05) is 18.2 Å². The largest absolute Gasteiger partial charge is 0.508 e. The van der Waals surface area contributed by atoms with Crippen molar-refractivity contribution in [1.82, 2.24) is 25.2 Å². The highest BCUT2D eigenvalue weighted by atomic mass is 19.1. The molecule has 0 radical (unpaired) electrons. The topological polar surface area (TPSA) is 76.7 Å². The summed E-state index contributed by atoms with van der Waals surface area (Å²) in [5, 5.41) is 21.8. The summed E-state index contributed by atoms with van der Waals surface area (Å²) < 4.78 is 14.1. The molecule has 6 nitrogen and oxygen atoms in total. The fourth-order valence-corrected chi connectivity index (χ4v) is 2.46. The molecule has 122 valence electrons. The minimum absolute atomic E-state index is 0.111. The lowest BCUT2D eigenvalue weighted by Crippen LogP contribution is -2.00. The van der Waals surface area contributed by atoms with Crippen LogP contribution in [0.3, 0.4) is 0 Å². The third-order valence-corrected chi connectivity index (χ3v) is 3.60. The van der Waals surface area contributed by atoms with Crippen molar-refractivity contribution in [2.45, 2.75) is 0 Å². The molecule has 0 aliphatic rings. The normalized spacial score (nSPS) is 10.8. The van der Waals surface area contributed by atoms with E-state index in [1.165, 1.54) is 16.9 Å². The SMILES string of the molecule is Oc1cccc(-c2cc(F)cc(-n3nnc(-c4ccccn4)n3)c2)c1. The van der Waals surface area contributed by atoms with Crippen LogP contribution in [0.2, 0.25) is 0 Å². The Labute approximate surface area is 142 Å². The van der Waals surface area contributed by atoms with Gasteiger partial charge in [0, 0.05) is 12.3 Å². The van der Waals surface area contributed by atoms with Gasteiger partial charge in [0.15, 0.2) is 0 Å². The second kappa shape index (κ2) is 6.12. The van der Waals surface area contributed by atoms with Gasteiger partial charge in [-0.2, -0.15) is 0 Å². The highest BCUT2D eigenvalue weighted by Crippen LogP contribution is 2.26. The first-order chi connectivity index (χ1) is 12.2. The number of hydrogen-bond donors (Lipinski definition) is 1. The molecule has 2 heterocycles. The van der Waals surface area contributed by atoms with Gasteiger partial charge in [-0.3, -0.25) is 4.98 Å². The van der Waals surface area contributed by atoms with Crippen LogP contribution in [0.1, 0.15) is 0 Å². The minimum atomic E-state index is -0.437. The minimum Gasteiger partial charge on any atom is -0.508 e. The zero-order valence-electron chi connectivity index (χ0n) is 12.9. The summed E-state index contributed by atoms with van der Waals surface area (Å²) in [7, 11) is 0. The van der Waals surface area contributed by atoms with Crippen LogP contribution in [-0.2, 0) is 0 Å². The zero-order valence-corrected chi connectivity index (χ0v) is 12.9. The van der Waals surface area contributed by atoms with Gasteiger partial charge in [-0.25, -0.2) is 4.39 Å². The van der Waals surface area contributed by atoms with E-state index in [4.69, 9.17) is 0 Å². The van der Waals surface area contributed by atoms with Crippen LogP contribution in [0.25, 0.3) is 28.3 Å². The maximum absolute atomic E-state index is 14.1. The number of phenols is 1. The number of rotatable bonds is 3. The molecule has 7 heteroatoms. The molecule has 4 aromatic rings. The van der Waals surface area contributed by atoms with E-state index in [1.54, 1.807) is 48.7 Å². The highest BCUT2D eigenvalue weighted by Gasteiger charge is 2.11. The second-order valence-corrected chi connectivity index (χ2v) is 5.37. The number of hydrogen-bond acceptors (Lipinski definition) is 5. The van der Waals surface area contributed by atoms with Crippen molar-refractivity contribution < 1.29 is 9.50 Å². The summed E-state index contributed by atoms with van der Waals surface area (Å²) in [5.74, 6) is 0.0240. The van der Waals surface area contributed by atoms with Crippen LogP contribution in [-0.4, -0.2) is 30.3 Å². The Hall–Kier alpha value is -3.61. The Morgan fingerprint density at radius 2 is 1.84 bits per heavy atom. The molecule has 0 spiro atoms. The van der Waals surface area contributed by atoms with Crippen LogP contribution in [0.4, 0.5) is 4.39 Å². The molecule has 0 saturated carbocycles. The average molecular weight is 333 g/mol. The summed E-state index contributed by atoms with van der Waals surface area (Å²) in [6.07, 6.45) is 1.64. The molecule has 0 unspecified atom stereocenters. The van der Waals surface area contributed by atoms with E-state index < -0.39 is 5.82 Å². The number of nitrogens with zero attached hydrogens (tertiary/aromatic N) is 5. The highest BCUT2D eigenvalue weighted by molar-refractivity contribution is 5.67. The molecular formula is C18H12FN5O. The first kappa shape index (κ1) is 14.9. The molecule has 0 bridgehead atoms. The van der Waals surface area contributed by atoms with Gasteiger partial charge in [-0.15, -0.1) is 15.0 Å². The summed E-state index contributed by atoms with van der Waals surface area (Å²) in [6.45, 7) is 0. The first-order valence-corrected chi connectivity index (χ1v) is 7.51. The Morgan fingerprint density at radius 1 is 0.920 bits per heavy atom. The van der Waals surface area contributed by atoms with E-state index in [9.17, 15) is 9.50 Å². The van der Waals surface area contributed by atoms with Crippen LogP contribution >= 0.6 is 0 Å². The Bertz CT molecular complexity index is 1030. The number of aromatic nitrogens is 5. The molecule has 0 amide bonds. The lowest BCUT2D eigenvalue weighted by Gasteiger charge is -2.06. The smallest absolute Gasteiger partial charge is 0.223 e. The van der Waals surface area contributed by atoms with Crippen LogP contribution in [0.15, 0.2) is 66.9 Å². The maximum atomic E-state index is 14.1. The molecule has 0 saturated heterocycles. The monoisotopic (exact) mass is 333 g/mol. The third-order valence-electron chi connectivity index (χ3n) is 3.60. The fourth-order valence-electron chi connectivity index (χ4n) is 2.46. The second-order valence-electron chi connectivity index (χ2n) is 5.37. The summed E-state index contributed by atoms with van der Waals surface area (Å²) in [4.78, 5) is 5.42. The lowest BCUT2D eigenvalue weighted by molar-refractivity contribution is 0.475. The maximum Gasteiger partial charge on any atom is 0.223 e. The van der Waals surface area contributed by atoms with Crippen molar-refractivity contribution >= 4 is 0 Å². The van der Waals surface area contributed by atoms with Crippen molar-refractivity contribution in [3.63, 3.8) is 0 Å². The number of halogens is 1. The Balaban J connectivity index is 1.75. The predicted molar refractivity (Wildman–Crippen MR) is 89.4 cm³/mol. The molecule has 0 atom stereocenters. The van der Waals surface area contributed by atoms with Crippen LogP contribution < -0.4 is 0 Å². The van der Waals surface area contributed by atoms with Gasteiger partial charge >= 0.3 is 0 Å². The van der Waals surface area contributed by atoms with Crippen molar-refractivity contribution in [3.8, 4) is 34.1 Å². The van der Waals surface area contributed by atoms with E-state index in [-0.39, 0.29) is 5.75 Å². The molecule has 2 aromatic carbocycles. The van der Waals surface area contributed by atoms with Gasteiger partial charge < -0.3 is 5.11 Å². The average Bonchev–Trinajstić information content (AvgIpc) is 3.12. The Kier molecular flexibility index (Phi) is 3.66. The van der Waals surface area contributed by atoms with Crippen molar-refractivity contribution in [3.05, 3.63) is 72.7 Å². The number of tetrazole rings is 1. The number of pyridine rings is 1. The first-order valence-electron chi connectivity index (χ1n) is 7.51. The Morgan fingerprint density at radius 3 is 2.64 bits per heavy atom.